The summed E-state index contributed by atoms with van der Waals surface area (Å²) < 4.78 is 0. The number of benzene rings is 2. The van der Waals surface area contributed by atoms with Crippen LogP contribution in [0.1, 0.15) is 38.2 Å². The van der Waals surface area contributed by atoms with E-state index < -0.39 is 5.97 Å². The fraction of sp³-hybridized carbons (Fsp3) is 0.263. The van der Waals surface area contributed by atoms with Gasteiger partial charge >= 0.3 is 5.97 Å². The predicted molar refractivity (Wildman–Crippen MR) is 89.6 cm³/mol. The first-order valence-electron chi connectivity index (χ1n) is 7.52. The van der Waals surface area contributed by atoms with Gasteiger partial charge < -0.3 is 10.4 Å². The molecular formula is C19H21NO3. The topological polar surface area (TPSA) is 66.4 Å². The second kappa shape index (κ2) is 7.09. The van der Waals surface area contributed by atoms with Gasteiger partial charge in [0.2, 0.25) is 5.91 Å². The molecule has 0 fully saturated rings. The molecule has 0 bridgehead atoms. The molecule has 0 aromatic heterocycles. The van der Waals surface area contributed by atoms with E-state index in [1.807, 2.05) is 13.8 Å². The van der Waals surface area contributed by atoms with Gasteiger partial charge in [-0.05, 0) is 55.2 Å². The Morgan fingerprint density at radius 2 is 1.70 bits per heavy atom. The molecule has 0 spiro atoms. The smallest absolute Gasteiger partial charge is 0.335 e. The number of hydrogen-bond donors (Lipinski definition) is 2. The Kier molecular flexibility index (Phi) is 5.16. The molecule has 2 N–H and O–H groups in total. The maximum atomic E-state index is 12.1. The number of rotatable bonds is 5. The highest BCUT2D eigenvalue weighted by atomic mass is 16.4. The molecule has 23 heavy (non-hydrogen) atoms. The Morgan fingerprint density at radius 3 is 2.30 bits per heavy atom. The summed E-state index contributed by atoms with van der Waals surface area (Å²) >= 11 is 0. The van der Waals surface area contributed by atoms with Crippen LogP contribution in [0.4, 0.5) is 0 Å². The van der Waals surface area contributed by atoms with Crippen molar-refractivity contribution >= 4 is 11.9 Å². The summed E-state index contributed by atoms with van der Waals surface area (Å²) in [6.07, 6.45) is 0.172. The number of aromatic carboxylic acids is 1. The van der Waals surface area contributed by atoms with E-state index in [1.54, 1.807) is 12.1 Å². The van der Waals surface area contributed by atoms with E-state index in [0.29, 0.717) is 12.1 Å². The number of carbonyl (C=O) groups is 2. The van der Waals surface area contributed by atoms with Gasteiger partial charge in [-0.25, -0.2) is 4.79 Å². The number of carboxylic acids is 1. The van der Waals surface area contributed by atoms with Crippen molar-refractivity contribution in [3.8, 4) is 0 Å². The van der Waals surface area contributed by atoms with E-state index in [1.165, 1.54) is 17.7 Å². The summed E-state index contributed by atoms with van der Waals surface area (Å²) in [6.45, 7) is 6.61. The lowest BCUT2D eigenvalue weighted by Gasteiger charge is -2.12. The molecule has 2 aromatic carbocycles. The molecule has 1 amide bonds. The SMILES string of the molecule is Cc1cc(C)c(CNC(=O)Cc2cccc(C(=O)O)c2)c(C)c1. The number of carboxylic acid groups (broad SMARTS) is 1. The number of carbonyl (C=O) groups excluding carboxylic acids is 1. The van der Waals surface area contributed by atoms with Gasteiger partial charge in [0.15, 0.2) is 0 Å². The lowest BCUT2D eigenvalue weighted by atomic mass is 10.00. The minimum Gasteiger partial charge on any atom is -0.478 e. The van der Waals surface area contributed by atoms with E-state index in [2.05, 4.69) is 24.4 Å². The van der Waals surface area contributed by atoms with Crippen LogP contribution in [0.3, 0.4) is 0 Å². The van der Waals surface area contributed by atoms with Gasteiger partial charge in [-0.2, -0.15) is 0 Å². The summed E-state index contributed by atoms with van der Waals surface area (Å²) in [5, 5.41) is 11.9. The average Bonchev–Trinajstić information content (AvgIpc) is 2.46. The molecule has 0 heterocycles. The molecule has 4 nitrogen and oxygen atoms in total. The van der Waals surface area contributed by atoms with E-state index in [-0.39, 0.29) is 17.9 Å². The maximum absolute atomic E-state index is 12.1. The molecule has 120 valence electrons. The summed E-state index contributed by atoms with van der Waals surface area (Å²) in [6, 6.07) is 10.7. The van der Waals surface area contributed by atoms with Crippen molar-refractivity contribution in [2.75, 3.05) is 0 Å². The first-order chi connectivity index (χ1) is 10.9. The van der Waals surface area contributed by atoms with E-state index in [9.17, 15) is 9.59 Å². The first-order valence-corrected chi connectivity index (χ1v) is 7.52. The molecule has 0 aliphatic carbocycles. The highest BCUT2D eigenvalue weighted by Crippen LogP contribution is 2.16. The van der Waals surface area contributed by atoms with E-state index in [4.69, 9.17) is 5.11 Å². The molecule has 0 saturated carbocycles. The van der Waals surface area contributed by atoms with Crippen molar-refractivity contribution in [1.82, 2.24) is 5.32 Å². The van der Waals surface area contributed by atoms with Crippen LogP contribution < -0.4 is 5.32 Å². The number of aryl methyl sites for hydroxylation is 3. The summed E-state index contributed by atoms with van der Waals surface area (Å²) in [7, 11) is 0. The van der Waals surface area contributed by atoms with Crippen LogP contribution in [0.5, 0.6) is 0 Å². The second-order valence-electron chi connectivity index (χ2n) is 5.84. The first kappa shape index (κ1) is 16.7. The average molecular weight is 311 g/mol. The highest BCUT2D eigenvalue weighted by molar-refractivity contribution is 5.88. The zero-order valence-corrected chi connectivity index (χ0v) is 13.6. The van der Waals surface area contributed by atoms with Crippen LogP contribution in [-0.2, 0) is 17.8 Å². The van der Waals surface area contributed by atoms with Gasteiger partial charge in [0, 0.05) is 6.54 Å². The highest BCUT2D eigenvalue weighted by Gasteiger charge is 2.09. The molecule has 0 radical (unpaired) electrons. The Hall–Kier alpha value is -2.62. The Morgan fingerprint density at radius 1 is 1.04 bits per heavy atom. The zero-order valence-electron chi connectivity index (χ0n) is 13.6. The Bertz CT molecular complexity index is 727. The van der Waals surface area contributed by atoms with Crippen LogP contribution in [0, 0.1) is 20.8 Å². The lowest BCUT2D eigenvalue weighted by Crippen LogP contribution is -2.25. The molecular weight excluding hydrogens is 290 g/mol. The minimum absolute atomic E-state index is 0.119. The van der Waals surface area contributed by atoms with Gasteiger partial charge in [-0.15, -0.1) is 0 Å². The Balaban J connectivity index is 2.01. The van der Waals surface area contributed by atoms with E-state index >= 15 is 0 Å². The van der Waals surface area contributed by atoms with Crippen molar-refractivity contribution in [1.29, 1.82) is 0 Å². The summed E-state index contributed by atoms with van der Waals surface area (Å²) in [5.74, 6) is -1.11. The largest absolute Gasteiger partial charge is 0.478 e. The van der Waals surface area contributed by atoms with Crippen LogP contribution in [0.15, 0.2) is 36.4 Å². The standard InChI is InChI=1S/C19H21NO3/c1-12-7-13(2)17(14(3)8-12)11-20-18(21)10-15-5-4-6-16(9-15)19(22)23/h4-9H,10-11H2,1-3H3,(H,20,21)(H,22,23). The van der Waals surface area contributed by atoms with E-state index in [0.717, 1.165) is 16.7 Å². The third kappa shape index (κ3) is 4.42. The van der Waals surface area contributed by atoms with Gasteiger partial charge in [0.1, 0.15) is 0 Å². The maximum Gasteiger partial charge on any atom is 0.335 e. The number of amides is 1. The van der Waals surface area contributed by atoms with Gasteiger partial charge in [0.25, 0.3) is 0 Å². The minimum atomic E-state index is -0.988. The molecule has 2 rings (SSSR count). The Labute approximate surface area is 136 Å². The fourth-order valence-electron chi connectivity index (χ4n) is 2.74. The van der Waals surface area contributed by atoms with Gasteiger partial charge in [-0.3, -0.25) is 4.79 Å². The predicted octanol–water partition coefficient (Wildman–Crippen LogP) is 3.17. The summed E-state index contributed by atoms with van der Waals surface area (Å²) in [5.41, 5.74) is 5.55. The van der Waals surface area contributed by atoms with Crippen LogP contribution in [0.2, 0.25) is 0 Å². The van der Waals surface area contributed by atoms with Crippen LogP contribution >= 0.6 is 0 Å². The van der Waals surface area contributed by atoms with Crippen molar-refractivity contribution in [2.45, 2.75) is 33.7 Å². The fourth-order valence-corrected chi connectivity index (χ4v) is 2.74. The quantitative estimate of drug-likeness (QED) is 0.891. The van der Waals surface area contributed by atoms with Gasteiger partial charge in [-0.1, -0.05) is 29.8 Å². The zero-order chi connectivity index (χ0) is 17.0. The molecule has 0 unspecified atom stereocenters. The van der Waals surface area contributed by atoms with Crippen LogP contribution in [0.25, 0.3) is 0 Å². The summed E-state index contributed by atoms with van der Waals surface area (Å²) in [4.78, 5) is 23.0. The van der Waals surface area contributed by atoms with Gasteiger partial charge in [0.05, 0.1) is 12.0 Å². The lowest BCUT2D eigenvalue weighted by molar-refractivity contribution is -0.120. The number of nitrogens with one attached hydrogen (secondary N) is 1. The monoisotopic (exact) mass is 311 g/mol. The molecule has 0 atom stereocenters. The third-order valence-electron chi connectivity index (χ3n) is 3.84. The molecule has 2 aromatic rings. The second-order valence-corrected chi connectivity index (χ2v) is 5.84. The van der Waals surface area contributed by atoms with Crippen molar-refractivity contribution in [2.24, 2.45) is 0 Å². The molecule has 0 aliphatic heterocycles. The van der Waals surface area contributed by atoms with Crippen molar-refractivity contribution in [3.05, 3.63) is 69.8 Å². The van der Waals surface area contributed by atoms with Crippen LogP contribution in [-0.4, -0.2) is 17.0 Å². The molecule has 0 aliphatic rings. The molecule has 4 heteroatoms. The number of hydrogen-bond acceptors (Lipinski definition) is 2. The van der Waals surface area contributed by atoms with Crippen molar-refractivity contribution < 1.29 is 14.7 Å². The normalized spacial score (nSPS) is 10.4. The molecule has 0 saturated heterocycles. The third-order valence-corrected chi connectivity index (χ3v) is 3.84. The van der Waals surface area contributed by atoms with Crippen molar-refractivity contribution in [3.63, 3.8) is 0 Å².